The Hall–Kier alpha value is -2.85. The van der Waals surface area contributed by atoms with Crippen molar-refractivity contribution in [3.8, 4) is 0 Å². The van der Waals surface area contributed by atoms with Crippen LogP contribution < -0.4 is 10.6 Å². The molecule has 5 heteroatoms. The molecular weight excluding hydrogens is 322 g/mol. The van der Waals surface area contributed by atoms with E-state index in [1.165, 1.54) is 0 Å². The Morgan fingerprint density at radius 2 is 1.79 bits per heavy atom. The summed E-state index contributed by atoms with van der Waals surface area (Å²) in [5.74, 6) is 0.273. The molecule has 0 aliphatic heterocycles. The molecule has 120 valence electrons. The topological polar surface area (TPSA) is 54.0 Å². The van der Waals surface area contributed by atoms with E-state index < -0.39 is 0 Å². The van der Waals surface area contributed by atoms with Crippen molar-refractivity contribution in [2.24, 2.45) is 0 Å². The van der Waals surface area contributed by atoms with Crippen LogP contribution in [0.5, 0.6) is 0 Å². The van der Waals surface area contributed by atoms with Crippen molar-refractivity contribution in [3.05, 3.63) is 83.0 Å². The highest BCUT2D eigenvalue weighted by atomic mass is 35.5. The lowest BCUT2D eigenvalue weighted by Crippen LogP contribution is -2.14. The van der Waals surface area contributed by atoms with Crippen molar-refractivity contribution in [2.75, 3.05) is 10.6 Å². The summed E-state index contributed by atoms with van der Waals surface area (Å²) in [5.41, 5.74) is 3.11. The molecule has 0 atom stereocenters. The second-order valence-corrected chi connectivity index (χ2v) is 5.79. The third-order valence-electron chi connectivity index (χ3n) is 3.44. The number of carbonyl (C=O) groups is 1. The van der Waals surface area contributed by atoms with Gasteiger partial charge in [0, 0.05) is 22.6 Å². The Morgan fingerprint density at radius 3 is 2.54 bits per heavy atom. The maximum absolute atomic E-state index is 12.6. The van der Waals surface area contributed by atoms with Gasteiger partial charge in [0.1, 0.15) is 5.82 Å². The second-order valence-electron chi connectivity index (χ2n) is 5.36. The molecule has 1 aromatic heterocycles. The summed E-state index contributed by atoms with van der Waals surface area (Å²) < 4.78 is 0. The molecule has 0 aliphatic rings. The van der Waals surface area contributed by atoms with Crippen LogP contribution in [0.1, 0.15) is 15.9 Å². The number of nitrogens with zero attached hydrogens (tertiary/aromatic N) is 1. The predicted octanol–water partition coefficient (Wildman–Crippen LogP) is 5.04. The minimum Gasteiger partial charge on any atom is -0.340 e. The van der Waals surface area contributed by atoms with Crippen molar-refractivity contribution in [1.82, 2.24) is 4.98 Å². The van der Waals surface area contributed by atoms with Crippen molar-refractivity contribution in [2.45, 2.75) is 6.92 Å². The van der Waals surface area contributed by atoms with E-state index in [1.54, 1.807) is 30.5 Å². The third kappa shape index (κ3) is 3.91. The number of benzene rings is 2. The zero-order valence-electron chi connectivity index (χ0n) is 13.1. The molecule has 24 heavy (non-hydrogen) atoms. The van der Waals surface area contributed by atoms with Crippen LogP contribution in [0.15, 0.2) is 66.9 Å². The van der Waals surface area contributed by atoms with Crippen molar-refractivity contribution in [1.29, 1.82) is 0 Å². The van der Waals surface area contributed by atoms with Crippen molar-refractivity contribution >= 4 is 34.7 Å². The third-order valence-corrected chi connectivity index (χ3v) is 3.69. The smallest absolute Gasteiger partial charge is 0.259 e. The number of hydrogen-bond acceptors (Lipinski definition) is 3. The number of pyridine rings is 1. The molecule has 0 bridgehead atoms. The molecule has 3 aromatic rings. The average Bonchev–Trinajstić information content (AvgIpc) is 2.57. The molecule has 3 rings (SSSR count). The van der Waals surface area contributed by atoms with Gasteiger partial charge in [-0.1, -0.05) is 23.7 Å². The number of nitrogens with one attached hydrogen (secondary N) is 2. The highest BCUT2D eigenvalue weighted by Gasteiger charge is 2.13. The molecule has 0 saturated heterocycles. The first-order valence-electron chi connectivity index (χ1n) is 7.47. The van der Waals surface area contributed by atoms with Gasteiger partial charge in [0.05, 0.1) is 5.56 Å². The molecule has 1 amide bonds. The van der Waals surface area contributed by atoms with Gasteiger partial charge in [0.15, 0.2) is 0 Å². The highest BCUT2D eigenvalue weighted by molar-refractivity contribution is 6.30. The minimum absolute atomic E-state index is 0.217. The number of aromatic nitrogens is 1. The summed E-state index contributed by atoms with van der Waals surface area (Å²) in [5, 5.41) is 6.69. The van der Waals surface area contributed by atoms with Crippen LogP contribution in [0.25, 0.3) is 0 Å². The molecule has 0 aliphatic carbocycles. The van der Waals surface area contributed by atoms with Crippen molar-refractivity contribution < 1.29 is 4.79 Å². The summed E-state index contributed by atoms with van der Waals surface area (Å²) in [4.78, 5) is 16.9. The lowest BCUT2D eigenvalue weighted by molar-refractivity contribution is 0.102. The minimum atomic E-state index is -0.217. The van der Waals surface area contributed by atoms with Crippen LogP contribution in [0.3, 0.4) is 0 Å². The van der Waals surface area contributed by atoms with E-state index in [2.05, 4.69) is 15.6 Å². The van der Waals surface area contributed by atoms with Gasteiger partial charge in [-0.15, -0.1) is 0 Å². The van der Waals surface area contributed by atoms with Gasteiger partial charge < -0.3 is 10.6 Å². The largest absolute Gasteiger partial charge is 0.340 e. The van der Waals surface area contributed by atoms with Gasteiger partial charge in [-0.3, -0.25) is 4.79 Å². The van der Waals surface area contributed by atoms with Crippen LogP contribution >= 0.6 is 11.6 Å². The molecule has 0 fully saturated rings. The molecule has 2 aromatic carbocycles. The van der Waals surface area contributed by atoms with Crippen LogP contribution in [0.4, 0.5) is 17.2 Å². The second kappa shape index (κ2) is 7.15. The van der Waals surface area contributed by atoms with E-state index in [0.29, 0.717) is 16.4 Å². The summed E-state index contributed by atoms with van der Waals surface area (Å²) in [7, 11) is 0. The SMILES string of the molecule is Cc1cccc(NC(=O)c2cccnc2Nc2ccc(Cl)cc2)c1. The number of halogens is 1. The van der Waals surface area contributed by atoms with Gasteiger partial charge >= 0.3 is 0 Å². The quantitative estimate of drug-likeness (QED) is 0.701. The maximum atomic E-state index is 12.6. The van der Waals surface area contributed by atoms with E-state index in [4.69, 9.17) is 11.6 Å². The van der Waals surface area contributed by atoms with E-state index >= 15 is 0 Å². The monoisotopic (exact) mass is 337 g/mol. The van der Waals surface area contributed by atoms with Crippen LogP contribution in [-0.4, -0.2) is 10.9 Å². The van der Waals surface area contributed by atoms with Crippen LogP contribution in [0, 0.1) is 6.92 Å². The molecule has 0 spiro atoms. The number of rotatable bonds is 4. The fraction of sp³-hybridized carbons (Fsp3) is 0.0526. The molecule has 4 nitrogen and oxygen atoms in total. The first kappa shape index (κ1) is 16.0. The first-order valence-corrected chi connectivity index (χ1v) is 7.85. The van der Waals surface area contributed by atoms with Gasteiger partial charge in [-0.25, -0.2) is 4.98 Å². The standard InChI is InChI=1S/C19H16ClN3O/c1-13-4-2-5-16(12-13)23-19(24)17-6-3-11-21-18(17)22-15-9-7-14(20)8-10-15/h2-12H,1H3,(H,21,22)(H,23,24). The fourth-order valence-electron chi connectivity index (χ4n) is 2.28. The van der Waals surface area contributed by atoms with Crippen LogP contribution in [-0.2, 0) is 0 Å². The summed E-state index contributed by atoms with van der Waals surface area (Å²) in [6.07, 6.45) is 1.64. The van der Waals surface area contributed by atoms with Gasteiger partial charge in [0.25, 0.3) is 5.91 Å². The lowest BCUT2D eigenvalue weighted by atomic mass is 10.2. The van der Waals surface area contributed by atoms with Gasteiger partial charge in [-0.05, 0) is 61.0 Å². The van der Waals surface area contributed by atoms with Gasteiger partial charge in [-0.2, -0.15) is 0 Å². The van der Waals surface area contributed by atoms with Crippen LogP contribution in [0.2, 0.25) is 5.02 Å². The van der Waals surface area contributed by atoms with Gasteiger partial charge in [0.2, 0.25) is 0 Å². The van der Waals surface area contributed by atoms with E-state index in [-0.39, 0.29) is 5.91 Å². The Bertz CT molecular complexity index is 862. The molecule has 1 heterocycles. The average molecular weight is 338 g/mol. The molecule has 0 saturated carbocycles. The van der Waals surface area contributed by atoms with Crippen molar-refractivity contribution in [3.63, 3.8) is 0 Å². The zero-order chi connectivity index (χ0) is 16.9. The number of carbonyl (C=O) groups excluding carboxylic acids is 1. The predicted molar refractivity (Wildman–Crippen MR) is 98.1 cm³/mol. The fourth-order valence-corrected chi connectivity index (χ4v) is 2.41. The van der Waals surface area contributed by atoms with E-state index in [1.807, 2.05) is 43.3 Å². The summed E-state index contributed by atoms with van der Waals surface area (Å²) in [6.45, 7) is 1.98. The summed E-state index contributed by atoms with van der Waals surface area (Å²) in [6, 6.07) is 18.3. The number of amides is 1. The Labute approximate surface area is 145 Å². The Balaban J connectivity index is 1.83. The normalized spacial score (nSPS) is 10.2. The Morgan fingerprint density at radius 1 is 1.00 bits per heavy atom. The highest BCUT2D eigenvalue weighted by Crippen LogP contribution is 2.21. The number of aryl methyl sites for hydroxylation is 1. The molecular formula is C19H16ClN3O. The first-order chi connectivity index (χ1) is 11.6. The molecule has 0 radical (unpaired) electrons. The molecule has 2 N–H and O–H groups in total. The molecule has 0 unspecified atom stereocenters. The number of hydrogen-bond donors (Lipinski definition) is 2. The van der Waals surface area contributed by atoms with E-state index in [9.17, 15) is 4.79 Å². The summed E-state index contributed by atoms with van der Waals surface area (Å²) >= 11 is 5.89. The van der Waals surface area contributed by atoms with E-state index in [0.717, 1.165) is 16.9 Å². The number of anilines is 3. The lowest BCUT2D eigenvalue weighted by Gasteiger charge is -2.11. The maximum Gasteiger partial charge on any atom is 0.259 e. The zero-order valence-corrected chi connectivity index (χ0v) is 13.8. The Kier molecular flexibility index (Phi) is 4.77.